The maximum absolute atomic E-state index is 12.6. The molecule has 0 atom stereocenters. The van der Waals surface area contributed by atoms with Crippen LogP contribution in [-0.2, 0) is 11.3 Å². The SMILES string of the molecule is COc1cc2ncc(C#N)c(Nc3ccc4c(cnn4Cc4ccccc4)c3)c2cc1NC(=O)/C=C/CN(C)C. The smallest absolute Gasteiger partial charge is 0.248 e. The maximum Gasteiger partial charge on any atom is 0.248 e. The molecule has 0 aliphatic carbocycles. The molecule has 200 valence electrons. The number of fused-ring (bicyclic) bond motifs is 2. The number of ether oxygens (including phenoxy) is 1. The normalized spacial score (nSPS) is 11.3. The predicted octanol–water partition coefficient (Wildman–Crippen LogP) is 5.31. The van der Waals surface area contributed by atoms with Gasteiger partial charge in [-0.2, -0.15) is 10.4 Å². The second-order valence-electron chi connectivity index (χ2n) is 9.57. The Hall–Kier alpha value is -5.20. The molecule has 0 radical (unpaired) electrons. The minimum Gasteiger partial charge on any atom is -0.494 e. The average molecular weight is 532 g/mol. The molecule has 2 aromatic heterocycles. The van der Waals surface area contributed by atoms with Gasteiger partial charge in [-0.15, -0.1) is 0 Å². The van der Waals surface area contributed by atoms with E-state index >= 15 is 0 Å². The zero-order chi connectivity index (χ0) is 28.1. The van der Waals surface area contributed by atoms with E-state index in [1.807, 2.05) is 66.3 Å². The molecule has 3 aromatic carbocycles. The molecule has 0 aliphatic heterocycles. The number of amides is 1. The fourth-order valence-electron chi connectivity index (χ4n) is 4.44. The van der Waals surface area contributed by atoms with E-state index in [0.717, 1.165) is 16.6 Å². The number of carbonyl (C=O) groups excluding carboxylic acids is 1. The summed E-state index contributed by atoms with van der Waals surface area (Å²) in [5.41, 5.74) is 5.03. The Morgan fingerprint density at radius 3 is 2.70 bits per heavy atom. The standard InChI is InChI=1S/C31H29N7O2/c1-37(2)13-7-10-30(39)36-27-15-25-26(16-29(27)40-3)33-18-23(17-32)31(25)35-24-11-12-28-22(14-24)19-34-38(28)20-21-8-5-4-6-9-21/h4-12,14-16,18-19H,13,20H2,1-3H3,(H,33,35)(H,36,39)/b10-7+. The summed E-state index contributed by atoms with van der Waals surface area (Å²) in [5, 5.41) is 22.4. The van der Waals surface area contributed by atoms with Crippen molar-refractivity contribution >= 4 is 44.8 Å². The summed E-state index contributed by atoms with van der Waals surface area (Å²) in [7, 11) is 5.39. The summed E-state index contributed by atoms with van der Waals surface area (Å²) in [4.78, 5) is 19.0. The third-order valence-electron chi connectivity index (χ3n) is 6.39. The molecule has 0 saturated heterocycles. The van der Waals surface area contributed by atoms with Crippen LogP contribution in [0.25, 0.3) is 21.8 Å². The minimum absolute atomic E-state index is 0.281. The number of aromatic nitrogens is 3. The van der Waals surface area contributed by atoms with E-state index in [9.17, 15) is 10.1 Å². The number of carbonyl (C=O) groups is 1. The van der Waals surface area contributed by atoms with Crippen LogP contribution < -0.4 is 15.4 Å². The lowest BCUT2D eigenvalue weighted by atomic mass is 10.1. The first-order valence-electron chi connectivity index (χ1n) is 12.7. The van der Waals surface area contributed by atoms with Crippen LogP contribution in [0.1, 0.15) is 11.1 Å². The first-order valence-corrected chi connectivity index (χ1v) is 12.7. The Bertz CT molecular complexity index is 1750. The van der Waals surface area contributed by atoms with Gasteiger partial charge in [0.25, 0.3) is 0 Å². The summed E-state index contributed by atoms with van der Waals surface area (Å²) in [6.07, 6.45) is 6.63. The van der Waals surface area contributed by atoms with E-state index in [-0.39, 0.29) is 5.91 Å². The number of nitrogens with one attached hydrogen (secondary N) is 2. The van der Waals surface area contributed by atoms with Crippen molar-refractivity contribution in [3.05, 3.63) is 96.3 Å². The summed E-state index contributed by atoms with van der Waals surface area (Å²) >= 11 is 0. The van der Waals surface area contributed by atoms with E-state index in [1.54, 1.807) is 18.2 Å². The van der Waals surface area contributed by atoms with Crippen molar-refractivity contribution < 1.29 is 9.53 Å². The number of hydrogen-bond donors (Lipinski definition) is 2. The molecule has 2 heterocycles. The number of rotatable bonds is 9. The third kappa shape index (κ3) is 5.77. The van der Waals surface area contributed by atoms with Crippen LogP contribution in [0, 0.1) is 11.3 Å². The van der Waals surface area contributed by atoms with Crippen molar-refractivity contribution in [2.45, 2.75) is 6.54 Å². The lowest BCUT2D eigenvalue weighted by molar-refractivity contribution is -0.111. The molecule has 9 heteroatoms. The predicted molar refractivity (Wildman–Crippen MR) is 158 cm³/mol. The number of nitriles is 1. The van der Waals surface area contributed by atoms with Gasteiger partial charge in [-0.25, -0.2) is 0 Å². The zero-order valence-corrected chi connectivity index (χ0v) is 22.5. The van der Waals surface area contributed by atoms with Gasteiger partial charge in [-0.1, -0.05) is 36.4 Å². The van der Waals surface area contributed by atoms with Gasteiger partial charge in [0.15, 0.2) is 0 Å². The summed E-state index contributed by atoms with van der Waals surface area (Å²) < 4.78 is 7.49. The van der Waals surface area contributed by atoms with Crippen molar-refractivity contribution in [1.29, 1.82) is 5.26 Å². The molecule has 0 spiro atoms. The highest BCUT2D eigenvalue weighted by Gasteiger charge is 2.15. The topological polar surface area (TPSA) is 108 Å². The number of benzene rings is 3. The average Bonchev–Trinajstić information content (AvgIpc) is 3.35. The Morgan fingerprint density at radius 2 is 1.95 bits per heavy atom. The summed E-state index contributed by atoms with van der Waals surface area (Å²) in [6, 6.07) is 21.9. The van der Waals surface area contributed by atoms with Gasteiger partial charge in [-0.05, 0) is 43.9 Å². The molecule has 2 N–H and O–H groups in total. The van der Waals surface area contributed by atoms with Crippen molar-refractivity contribution in [2.75, 3.05) is 38.4 Å². The molecule has 1 amide bonds. The highest BCUT2D eigenvalue weighted by Crippen LogP contribution is 2.36. The zero-order valence-electron chi connectivity index (χ0n) is 22.5. The van der Waals surface area contributed by atoms with Crippen molar-refractivity contribution in [3.8, 4) is 11.8 Å². The minimum atomic E-state index is -0.281. The first kappa shape index (κ1) is 26.4. The van der Waals surface area contributed by atoms with Gasteiger partial charge in [0.2, 0.25) is 5.91 Å². The number of likely N-dealkylation sites (N-methyl/N-ethyl adjacent to an activating group) is 1. The lowest BCUT2D eigenvalue weighted by Gasteiger charge is -2.15. The van der Waals surface area contributed by atoms with E-state index in [0.29, 0.717) is 46.7 Å². The molecular formula is C31H29N7O2. The molecular weight excluding hydrogens is 502 g/mol. The summed E-state index contributed by atoms with van der Waals surface area (Å²) in [6.45, 7) is 1.31. The maximum atomic E-state index is 12.6. The Morgan fingerprint density at radius 1 is 1.12 bits per heavy atom. The highest BCUT2D eigenvalue weighted by atomic mass is 16.5. The second kappa shape index (κ2) is 11.7. The molecule has 0 aliphatic rings. The summed E-state index contributed by atoms with van der Waals surface area (Å²) in [5.74, 6) is 0.189. The fourth-order valence-corrected chi connectivity index (χ4v) is 4.44. The fraction of sp³-hybridized carbons (Fsp3) is 0.161. The molecule has 0 bridgehead atoms. The Labute approximate surface area is 232 Å². The van der Waals surface area contributed by atoms with Gasteiger partial charge < -0.3 is 20.3 Å². The Kier molecular flexibility index (Phi) is 7.71. The molecule has 0 unspecified atom stereocenters. The van der Waals surface area contributed by atoms with Crippen LogP contribution in [0.3, 0.4) is 0 Å². The number of anilines is 3. The van der Waals surface area contributed by atoms with Crippen LogP contribution in [0.5, 0.6) is 5.75 Å². The van der Waals surface area contributed by atoms with Crippen molar-refractivity contribution in [3.63, 3.8) is 0 Å². The molecule has 0 fully saturated rings. The van der Waals surface area contributed by atoms with E-state index < -0.39 is 0 Å². The van der Waals surface area contributed by atoms with Crippen molar-refractivity contribution in [2.24, 2.45) is 0 Å². The number of hydrogen-bond acceptors (Lipinski definition) is 7. The quantitative estimate of drug-likeness (QED) is 0.248. The lowest BCUT2D eigenvalue weighted by Crippen LogP contribution is -2.13. The van der Waals surface area contributed by atoms with Crippen LogP contribution in [0.15, 0.2) is 85.2 Å². The van der Waals surface area contributed by atoms with Gasteiger partial charge in [0.05, 0.1) is 47.8 Å². The third-order valence-corrected chi connectivity index (χ3v) is 6.39. The number of methoxy groups -OCH3 is 1. The highest BCUT2D eigenvalue weighted by molar-refractivity contribution is 6.05. The van der Waals surface area contributed by atoms with Crippen LogP contribution in [0.4, 0.5) is 17.1 Å². The van der Waals surface area contributed by atoms with Crippen LogP contribution in [0.2, 0.25) is 0 Å². The molecule has 0 saturated carbocycles. The van der Waals surface area contributed by atoms with Gasteiger partial charge in [-0.3, -0.25) is 14.5 Å². The number of nitrogens with zero attached hydrogens (tertiary/aromatic N) is 5. The van der Waals surface area contributed by atoms with Crippen LogP contribution in [-0.4, -0.2) is 53.3 Å². The van der Waals surface area contributed by atoms with E-state index in [1.165, 1.54) is 24.9 Å². The Balaban J connectivity index is 1.48. The van der Waals surface area contributed by atoms with Crippen molar-refractivity contribution in [1.82, 2.24) is 19.7 Å². The molecule has 40 heavy (non-hydrogen) atoms. The second-order valence-corrected chi connectivity index (χ2v) is 9.57. The monoisotopic (exact) mass is 531 g/mol. The van der Waals surface area contributed by atoms with Gasteiger partial charge >= 0.3 is 0 Å². The van der Waals surface area contributed by atoms with Gasteiger partial charge in [0, 0.05) is 41.3 Å². The first-order chi connectivity index (χ1) is 19.4. The van der Waals surface area contributed by atoms with E-state index in [4.69, 9.17) is 4.74 Å². The van der Waals surface area contributed by atoms with E-state index in [2.05, 4.69) is 38.9 Å². The van der Waals surface area contributed by atoms with Crippen LogP contribution >= 0.6 is 0 Å². The molecule has 9 nitrogen and oxygen atoms in total. The number of pyridine rings is 1. The largest absolute Gasteiger partial charge is 0.494 e. The molecule has 5 rings (SSSR count). The molecule has 5 aromatic rings. The van der Waals surface area contributed by atoms with Gasteiger partial charge in [0.1, 0.15) is 11.8 Å².